The average Bonchev–Trinajstić information content (AvgIpc) is 2.59. The van der Waals surface area contributed by atoms with Crippen molar-refractivity contribution in [2.45, 2.75) is 69.5 Å². The van der Waals surface area contributed by atoms with Crippen molar-refractivity contribution in [3.05, 3.63) is 0 Å². The van der Waals surface area contributed by atoms with Gasteiger partial charge >= 0.3 is 5.97 Å². The maximum atomic E-state index is 11.4. The van der Waals surface area contributed by atoms with Crippen molar-refractivity contribution < 1.29 is 44.3 Å². The van der Waals surface area contributed by atoms with Gasteiger partial charge in [-0.1, -0.05) is 0 Å². The first-order chi connectivity index (χ1) is 13.1. The fraction of sp³-hybridized carbons (Fsp3) is 0.812. The summed E-state index contributed by atoms with van der Waals surface area (Å²) in [4.78, 5) is 33.5. The van der Waals surface area contributed by atoms with Crippen LogP contribution in [-0.4, -0.2) is 94.2 Å². The summed E-state index contributed by atoms with van der Waals surface area (Å²) < 4.78 is 10.8. The van der Waals surface area contributed by atoms with E-state index >= 15 is 0 Å². The van der Waals surface area contributed by atoms with Crippen LogP contribution in [0.5, 0.6) is 0 Å². The van der Waals surface area contributed by atoms with E-state index in [1.54, 1.807) is 6.92 Å². The third kappa shape index (κ3) is 7.30. The Hall–Kier alpha value is -1.83. The Morgan fingerprint density at radius 3 is 2.43 bits per heavy atom. The highest BCUT2D eigenvalue weighted by atomic mass is 16.6. The molecule has 28 heavy (non-hydrogen) atoms. The molecular formula is C16H29N3O9. The molecule has 2 amide bonds. The maximum absolute atomic E-state index is 11.4. The van der Waals surface area contributed by atoms with Crippen molar-refractivity contribution >= 4 is 17.8 Å². The maximum Gasteiger partial charge on any atom is 0.320 e. The van der Waals surface area contributed by atoms with Crippen LogP contribution in [0.25, 0.3) is 0 Å². The highest BCUT2D eigenvalue weighted by molar-refractivity contribution is 5.77. The van der Waals surface area contributed by atoms with Crippen LogP contribution in [0.3, 0.4) is 0 Å². The molecule has 1 aliphatic rings. The van der Waals surface area contributed by atoms with Gasteiger partial charge in [-0.25, -0.2) is 0 Å². The molecule has 1 heterocycles. The number of amides is 2. The number of carboxylic acid groups (broad SMARTS) is 1. The minimum absolute atomic E-state index is 0.00288. The first-order valence-electron chi connectivity index (χ1n) is 8.86. The van der Waals surface area contributed by atoms with Gasteiger partial charge in [-0.15, -0.1) is 0 Å². The van der Waals surface area contributed by atoms with Crippen LogP contribution in [0.15, 0.2) is 0 Å². The predicted octanol–water partition coefficient (Wildman–Crippen LogP) is -3.36. The summed E-state index contributed by atoms with van der Waals surface area (Å²) in [6.45, 7) is 2.26. The lowest BCUT2D eigenvalue weighted by molar-refractivity contribution is -0.267. The van der Waals surface area contributed by atoms with E-state index in [1.165, 1.54) is 6.92 Å². The van der Waals surface area contributed by atoms with Gasteiger partial charge in [0.2, 0.25) is 11.8 Å². The van der Waals surface area contributed by atoms with E-state index in [9.17, 15) is 34.8 Å². The number of primary amides is 1. The molecule has 162 valence electrons. The minimum atomic E-state index is -1.52. The summed E-state index contributed by atoms with van der Waals surface area (Å²) in [7, 11) is 0. The average molecular weight is 407 g/mol. The molecule has 7 atom stereocenters. The second-order valence-electron chi connectivity index (χ2n) is 6.68. The highest BCUT2D eigenvalue weighted by Gasteiger charge is 2.46. The number of carboxylic acids is 1. The van der Waals surface area contributed by atoms with Crippen molar-refractivity contribution in [3.63, 3.8) is 0 Å². The van der Waals surface area contributed by atoms with Crippen LogP contribution >= 0.6 is 0 Å². The molecular weight excluding hydrogens is 378 g/mol. The second kappa shape index (κ2) is 11.2. The Kier molecular flexibility index (Phi) is 9.72. The van der Waals surface area contributed by atoms with Gasteiger partial charge in [0.25, 0.3) is 0 Å². The van der Waals surface area contributed by atoms with Crippen molar-refractivity contribution in [1.82, 2.24) is 10.6 Å². The molecule has 0 aromatic heterocycles. The van der Waals surface area contributed by atoms with E-state index in [2.05, 4.69) is 10.6 Å². The van der Waals surface area contributed by atoms with Gasteiger partial charge in [0.05, 0.1) is 12.7 Å². The molecule has 12 nitrogen and oxygen atoms in total. The Bertz CT molecular complexity index is 547. The molecule has 1 rings (SSSR count). The second-order valence-corrected chi connectivity index (χ2v) is 6.68. The van der Waals surface area contributed by atoms with Gasteiger partial charge in [0.15, 0.2) is 6.29 Å². The van der Waals surface area contributed by atoms with Gasteiger partial charge in [-0.05, 0) is 13.3 Å². The van der Waals surface area contributed by atoms with Gasteiger partial charge < -0.3 is 46.3 Å². The number of carbonyl (C=O) groups excluding carboxylic acids is 2. The lowest BCUT2D eigenvalue weighted by atomic mass is 9.96. The van der Waals surface area contributed by atoms with Crippen molar-refractivity contribution in [1.29, 1.82) is 0 Å². The van der Waals surface area contributed by atoms with Gasteiger partial charge in [-0.3, -0.25) is 14.4 Å². The SMILES string of the molecule is CC(=O)N[C@@H]1[C@@H](OC(C)CN[C@H](CCC(N)=O)C(=O)O)[C@H](O)[C@@H](CO)O[C@@H]1O. The molecule has 0 aromatic rings. The Morgan fingerprint density at radius 1 is 1.29 bits per heavy atom. The minimum Gasteiger partial charge on any atom is -0.480 e. The van der Waals surface area contributed by atoms with E-state index in [0.717, 1.165) is 0 Å². The van der Waals surface area contributed by atoms with E-state index in [1.807, 2.05) is 0 Å². The van der Waals surface area contributed by atoms with Gasteiger partial charge in [0.1, 0.15) is 30.4 Å². The fourth-order valence-electron chi connectivity index (χ4n) is 2.86. The highest BCUT2D eigenvalue weighted by Crippen LogP contribution is 2.23. The molecule has 12 heteroatoms. The molecule has 1 fully saturated rings. The lowest BCUT2D eigenvalue weighted by Crippen LogP contribution is -2.65. The van der Waals surface area contributed by atoms with Crippen LogP contribution < -0.4 is 16.4 Å². The summed E-state index contributed by atoms with van der Waals surface area (Å²) in [5.41, 5.74) is 5.03. The molecule has 0 aromatic carbocycles. The van der Waals surface area contributed by atoms with E-state index in [0.29, 0.717) is 0 Å². The molecule has 0 saturated carbocycles. The number of hydrogen-bond donors (Lipinski definition) is 7. The number of aliphatic hydroxyl groups excluding tert-OH is 3. The molecule has 8 N–H and O–H groups in total. The Balaban J connectivity index is 2.74. The first-order valence-corrected chi connectivity index (χ1v) is 8.86. The number of rotatable bonds is 11. The number of carbonyl (C=O) groups is 3. The monoisotopic (exact) mass is 407 g/mol. The number of ether oxygens (including phenoxy) is 2. The summed E-state index contributed by atoms with van der Waals surface area (Å²) in [5.74, 6) is -2.27. The number of nitrogens with two attached hydrogens (primary N) is 1. The number of hydrogen-bond acceptors (Lipinski definition) is 9. The molecule has 0 aliphatic carbocycles. The third-order valence-electron chi connectivity index (χ3n) is 4.26. The standard InChI is InChI=1S/C16H29N3O9/c1-7(5-18-9(15(24)25)3-4-11(17)22)27-14-12(19-8(2)21)16(26)28-10(6-20)13(14)23/h7,9-10,12-14,16,18,20,23,26H,3-6H2,1-2H3,(H2,17,22)(H,19,21)(H,24,25)/t7?,9-,10-,12-,13-,14-,16+/m1/s1. The smallest absolute Gasteiger partial charge is 0.320 e. The number of nitrogens with one attached hydrogen (secondary N) is 2. The van der Waals surface area contributed by atoms with Crippen molar-refractivity contribution in [2.75, 3.05) is 13.2 Å². The zero-order chi connectivity index (χ0) is 21.4. The normalized spacial score (nSPS) is 29.7. The molecule has 1 unspecified atom stereocenters. The van der Waals surface area contributed by atoms with E-state index in [4.69, 9.17) is 15.2 Å². The first kappa shape index (κ1) is 24.2. The molecule has 0 bridgehead atoms. The fourth-order valence-corrected chi connectivity index (χ4v) is 2.86. The number of aliphatic hydroxyl groups is 3. The summed E-state index contributed by atoms with van der Waals surface area (Å²) in [5, 5.41) is 44.0. The topological polar surface area (TPSA) is 201 Å². The zero-order valence-corrected chi connectivity index (χ0v) is 15.8. The third-order valence-corrected chi connectivity index (χ3v) is 4.26. The van der Waals surface area contributed by atoms with Crippen LogP contribution in [0.2, 0.25) is 0 Å². The van der Waals surface area contributed by atoms with Crippen LogP contribution in [0.4, 0.5) is 0 Å². The van der Waals surface area contributed by atoms with E-state index in [-0.39, 0.29) is 19.4 Å². The molecule has 0 radical (unpaired) electrons. The van der Waals surface area contributed by atoms with Gasteiger partial charge in [0, 0.05) is 19.9 Å². The van der Waals surface area contributed by atoms with Crippen LogP contribution in [-0.2, 0) is 23.9 Å². The summed E-state index contributed by atoms with van der Waals surface area (Å²) in [6.07, 6.45) is -5.86. The summed E-state index contributed by atoms with van der Waals surface area (Å²) >= 11 is 0. The largest absolute Gasteiger partial charge is 0.480 e. The molecule has 1 saturated heterocycles. The van der Waals surface area contributed by atoms with Gasteiger partial charge in [-0.2, -0.15) is 0 Å². The number of aliphatic carboxylic acids is 1. The quantitative estimate of drug-likeness (QED) is 0.181. The Morgan fingerprint density at radius 2 is 1.93 bits per heavy atom. The predicted molar refractivity (Wildman–Crippen MR) is 93.8 cm³/mol. The van der Waals surface area contributed by atoms with Crippen molar-refractivity contribution in [3.8, 4) is 0 Å². The Labute approximate surface area is 162 Å². The summed E-state index contributed by atoms with van der Waals surface area (Å²) in [6, 6.07) is -2.12. The molecule has 1 aliphatic heterocycles. The van der Waals surface area contributed by atoms with Crippen molar-refractivity contribution in [2.24, 2.45) is 5.73 Å². The van der Waals surface area contributed by atoms with Crippen LogP contribution in [0.1, 0.15) is 26.7 Å². The zero-order valence-electron chi connectivity index (χ0n) is 15.8. The van der Waals surface area contributed by atoms with Crippen LogP contribution in [0, 0.1) is 0 Å². The lowest BCUT2D eigenvalue weighted by Gasteiger charge is -2.43. The molecule has 0 spiro atoms. The van der Waals surface area contributed by atoms with E-state index < -0.39 is 67.2 Å².